The minimum atomic E-state index is -3.92. The van der Waals surface area contributed by atoms with Gasteiger partial charge < -0.3 is 5.32 Å². The molecule has 0 aliphatic carbocycles. The average Bonchev–Trinajstić information content (AvgIpc) is 2.60. The first kappa shape index (κ1) is 21.3. The highest BCUT2D eigenvalue weighted by Gasteiger charge is 2.27. The van der Waals surface area contributed by atoms with Crippen LogP contribution < -0.4 is 9.62 Å². The average molecular weight is 409 g/mol. The fourth-order valence-electron chi connectivity index (χ4n) is 2.36. The van der Waals surface area contributed by atoms with Gasteiger partial charge >= 0.3 is 0 Å². The van der Waals surface area contributed by atoms with Crippen LogP contribution in [0.15, 0.2) is 53.4 Å². The lowest BCUT2D eigenvalue weighted by atomic mass is 10.1. The summed E-state index contributed by atoms with van der Waals surface area (Å²) < 4.78 is 27.5. The summed E-state index contributed by atoms with van der Waals surface area (Å²) in [4.78, 5) is 12.6. The van der Waals surface area contributed by atoms with E-state index in [1.807, 2.05) is 39.8 Å². The van der Waals surface area contributed by atoms with Gasteiger partial charge in [0.05, 0.1) is 10.6 Å². The van der Waals surface area contributed by atoms with Crippen LogP contribution in [0.4, 0.5) is 5.69 Å². The molecule has 7 heteroatoms. The molecule has 0 heterocycles. The Morgan fingerprint density at radius 3 is 2.11 bits per heavy atom. The van der Waals surface area contributed by atoms with E-state index in [9.17, 15) is 13.2 Å². The number of anilines is 1. The number of nitrogens with zero attached hydrogens (tertiary/aromatic N) is 1. The number of carbonyl (C=O) groups excluding carboxylic acids is 1. The Morgan fingerprint density at radius 2 is 1.59 bits per heavy atom. The van der Waals surface area contributed by atoms with E-state index in [1.54, 1.807) is 12.1 Å². The van der Waals surface area contributed by atoms with Gasteiger partial charge in [-0.25, -0.2) is 8.42 Å². The number of sulfonamides is 1. The van der Waals surface area contributed by atoms with Crippen molar-refractivity contribution in [3.05, 3.63) is 59.1 Å². The minimum Gasteiger partial charge on any atom is -0.352 e. The van der Waals surface area contributed by atoms with Crippen LogP contribution in [0.1, 0.15) is 26.3 Å². The molecule has 0 bridgehead atoms. The monoisotopic (exact) mass is 408 g/mol. The van der Waals surface area contributed by atoms with Crippen LogP contribution in [0.25, 0.3) is 0 Å². The molecule has 1 amide bonds. The van der Waals surface area contributed by atoms with E-state index in [1.165, 1.54) is 24.3 Å². The first-order valence-corrected chi connectivity index (χ1v) is 10.6. The number of nitrogens with one attached hydrogen (secondary N) is 1. The Labute approximate surface area is 166 Å². The molecule has 146 valence electrons. The summed E-state index contributed by atoms with van der Waals surface area (Å²) in [6.07, 6.45) is 0. The zero-order valence-corrected chi connectivity index (χ0v) is 17.5. The fourth-order valence-corrected chi connectivity index (χ4v) is 3.90. The number of carbonyl (C=O) groups is 1. The summed E-state index contributed by atoms with van der Waals surface area (Å²) in [5, 5.41) is 3.30. The number of hydrogen-bond acceptors (Lipinski definition) is 3. The SMILES string of the molecule is Cc1ccc(N(CC(=O)NC(C)C(C)C)S(=O)(=O)c2ccc(Cl)cc2)cc1. The van der Waals surface area contributed by atoms with Gasteiger partial charge in [-0.2, -0.15) is 0 Å². The van der Waals surface area contributed by atoms with Crippen LogP contribution in [0.5, 0.6) is 0 Å². The molecule has 0 aliphatic heterocycles. The summed E-state index contributed by atoms with van der Waals surface area (Å²) in [7, 11) is -3.92. The molecule has 0 fully saturated rings. The fraction of sp³-hybridized carbons (Fsp3) is 0.350. The number of hydrogen-bond donors (Lipinski definition) is 1. The second-order valence-electron chi connectivity index (χ2n) is 6.90. The summed E-state index contributed by atoms with van der Waals surface area (Å²) in [5.41, 5.74) is 1.43. The predicted octanol–water partition coefficient (Wildman–Crippen LogP) is 4.00. The van der Waals surface area contributed by atoms with Gasteiger partial charge in [0.15, 0.2) is 0 Å². The highest BCUT2D eigenvalue weighted by Crippen LogP contribution is 2.25. The minimum absolute atomic E-state index is 0.0596. The maximum Gasteiger partial charge on any atom is 0.264 e. The summed E-state index contributed by atoms with van der Waals surface area (Å²) in [5.74, 6) is -0.107. The molecule has 27 heavy (non-hydrogen) atoms. The Morgan fingerprint density at radius 1 is 1.04 bits per heavy atom. The molecule has 2 aromatic carbocycles. The Bertz CT molecular complexity index is 878. The molecule has 0 saturated heterocycles. The van der Waals surface area contributed by atoms with Crippen molar-refractivity contribution in [3.8, 4) is 0 Å². The van der Waals surface area contributed by atoms with Gasteiger partial charge in [0.1, 0.15) is 6.54 Å². The van der Waals surface area contributed by atoms with E-state index >= 15 is 0 Å². The molecular weight excluding hydrogens is 384 g/mol. The zero-order chi connectivity index (χ0) is 20.2. The van der Waals surface area contributed by atoms with E-state index in [4.69, 9.17) is 11.6 Å². The van der Waals surface area contributed by atoms with Gasteiger partial charge in [0.2, 0.25) is 5.91 Å². The molecule has 0 aliphatic rings. The van der Waals surface area contributed by atoms with Crippen molar-refractivity contribution in [1.82, 2.24) is 5.32 Å². The molecule has 0 aromatic heterocycles. The third-order valence-electron chi connectivity index (χ3n) is 4.40. The molecule has 5 nitrogen and oxygen atoms in total. The molecule has 0 spiro atoms. The summed E-state index contributed by atoms with van der Waals surface area (Å²) in [6, 6.07) is 12.9. The zero-order valence-electron chi connectivity index (χ0n) is 15.9. The number of rotatable bonds is 7. The van der Waals surface area contributed by atoms with E-state index in [0.717, 1.165) is 9.87 Å². The smallest absolute Gasteiger partial charge is 0.264 e. The van der Waals surface area contributed by atoms with Crippen LogP contribution >= 0.6 is 11.6 Å². The standard InChI is InChI=1S/C20H25ClN2O3S/c1-14(2)16(4)22-20(24)13-23(18-9-5-15(3)6-10-18)27(25,26)19-11-7-17(21)8-12-19/h5-12,14,16H,13H2,1-4H3,(H,22,24). The Hall–Kier alpha value is -2.05. The third-order valence-corrected chi connectivity index (χ3v) is 6.44. The van der Waals surface area contributed by atoms with Gasteiger partial charge in [0.25, 0.3) is 10.0 Å². The number of benzene rings is 2. The Balaban J connectivity index is 2.39. The molecule has 0 radical (unpaired) electrons. The van der Waals surface area contributed by atoms with Crippen molar-refractivity contribution in [1.29, 1.82) is 0 Å². The van der Waals surface area contributed by atoms with Gasteiger partial charge in [-0.05, 0) is 56.2 Å². The molecular formula is C20H25ClN2O3S. The summed E-state index contributed by atoms with van der Waals surface area (Å²) in [6.45, 7) is 7.50. The van der Waals surface area contributed by atoms with Crippen molar-refractivity contribution in [2.24, 2.45) is 5.92 Å². The van der Waals surface area contributed by atoms with Crippen LogP contribution in [0.3, 0.4) is 0 Å². The van der Waals surface area contributed by atoms with E-state index in [-0.39, 0.29) is 29.3 Å². The van der Waals surface area contributed by atoms with E-state index < -0.39 is 10.0 Å². The second kappa shape index (κ2) is 8.76. The van der Waals surface area contributed by atoms with Gasteiger partial charge in [-0.15, -0.1) is 0 Å². The van der Waals surface area contributed by atoms with Crippen molar-refractivity contribution in [3.63, 3.8) is 0 Å². The lowest BCUT2D eigenvalue weighted by molar-refractivity contribution is -0.120. The largest absolute Gasteiger partial charge is 0.352 e. The van der Waals surface area contributed by atoms with E-state index in [2.05, 4.69) is 5.32 Å². The third kappa shape index (κ3) is 5.47. The first-order valence-electron chi connectivity index (χ1n) is 8.75. The second-order valence-corrected chi connectivity index (χ2v) is 9.20. The maximum absolute atomic E-state index is 13.2. The quantitative estimate of drug-likeness (QED) is 0.752. The lowest BCUT2D eigenvalue weighted by Crippen LogP contribution is -2.45. The molecule has 1 N–H and O–H groups in total. The van der Waals surface area contributed by atoms with Crippen molar-refractivity contribution in [2.45, 2.75) is 38.6 Å². The van der Waals surface area contributed by atoms with E-state index in [0.29, 0.717) is 10.7 Å². The lowest BCUT2D eigenvalue weighted by Gasteiger charge is -2.26. The van der Waals surface area contributed by atoms with Crippen LogP contribution in [-0.2, 0) is 14.8 Å². The Kier molecular flexibility index (Phi) is 6.89. The van der Waals surface area contributed by atoms with Crippen LogP contribution in [-0.4, -0.2) is 26.9 Å². The van der Waals surface area contributed by atoms with Crippen LogP contribution in [0, 0.1) is 12.8 Å². The molecule has 2 rings (SSSR count). The van der Waals surface area contributed by atoms with Gasteiger partial charge in [-0.3, -0.25) is 9.10 Å². The highest BCUT2D eigenvalue weighted by atomic mass is 35.5. The molecule has 1 unspecified atom stereocenters. The predicted molar refractivity (Wildman–Crippen MR) is 110 cm³/mol. The molecule has 0 saturated carbocycles. The van der Waals surface area contributed by atoms with Crippen molar-refractivity contribution in [2.75, 3.05) is 10.8 Å². The molecule has 2 aromatic rings. The first-order chi connectivity index (χ1) is 12.6. The number of amides is 1. The van der Waals surface area contributed by atoms with Crippen molar-refractivity contribution >= 4 is 33.2 Å². The summed E-state index contributed by atoms with van der Waals surface area (Å²) >= 11 is 5.87. The highest BCUT2D eigenvalue weighted by molar-refractivity contribution is 7.92. The number of aryl methyl sites for hydroxylation is 1. The van der Waals surface area contributed by atoms with Crippen molar-refractivity contribution < 1.29 is 13.2 Å². The van der Waals surface area contributed by atoms with Gasteiger partial charge in [-0.1, -0.05) is 43.1 Å². The van der Waals surface area contributed by atoms with Gasteiger partial charge in [0, 0.05) is 11.1 Å². The normalized spacial score (nSPS) is 12.7. The van der Waals surface area contributed by atoms with Crippen LogP contribution in [0.2, 0.25) is 5.02 Å². The maximum atomic E-state index is 13.2. The molecule has 1 atom stereocenters. The number of halogens is 1. The topological polar surface area (TPSA) is 66.5 Å².